The zero-order chi connectivity index (χ0) is 11.7. The largest absolute Gasteiger partial charge is 0.379 e. The molecule has 0 spiro atoms. The lowest BCUT2D eigenvalue weighted by Crippen LogP contribution is -2.22. The fraction of sp³-hybridized carbons (Fsp3) is 0.286. The summed E-state index contributed by atoms with van der Waals surface area (Å²) in [6.07, 6.45) is 4.01. The number of ether oxygens (including phenoxy) is 1. The highest BCUT2D eigenvalue weighted by Gasteiger charge is 2.20. The Bertz CT molecular complexity index is 538. The highest BCUT2D eigenvalue weighted by molar-refractivity contribution is 5.89. The van der Waals surface area contributed by atoms with Gasteiger partial charge in [-0.2, -0.15) is 0 Å². The molecule has 0 aliphatic carbocycles. The highest BCUT2D eigenvalue weighted by Crippen LogP contribution is 2.27. The maximum Gasteiger partial charge on any atom is 0.166 e. The van der Waals surface area contributed by atoms with Crippen LogP contribution >= 0.6 is 0 Å². The van der Waals surface area contributed by atoms with Crippen molar-refractivity contribution in [2.24, 2.45) is 0 Å². The van der Waals surface area contributed by atoms with Crippen molar-refractivity contribution >= 4 is 17.2 Å². The third-order valence-corrected chi connectivity index (χ3v) is 3.25. The summed E-state index contributed by atoms with van der Waals surface area (Å²) in [5.74, 6) is 0. The lowest BCUT2D eigenvalue weighted by atomic mass is 10.1. The van der Waals surface area contributed by atoms with Crippen molar-refractivity contribution in [1.82, 2.24) is 4.57 Å². The van der Waals surface area contributed by atoms with Crippen molar-refractivity contribution in [3.05, 3.63) is 42.4 Å². The van der Waals surface area contributed by atoms with Crippen molar-refractivity contribution in [3.63, 3.8) is 0 Å². The molecule has 2 aromatic rings. The van der Waals surface area contributed by atoms with E-state index in [1.165, 1.54) is 0 Å². The van der Waals surface area contributed by atoms with Gasteiger partial charge in [0.1, 0.15) is 0 Å². The summed E-state index contributed by atoms with van der Waals surface area (Å²) in [7, 11) is 0. The van der Waals surface area contributed by atoms with E-state index in [-0.39, 0.29) is 6.04 Å². The number of aromatic nitrogens is 1. The van der Waals surface area contributed by atoms with Gasteiger partial charge in [0.2, 0.25) is 0 Å². The van der Waals surface area contributed by atoms with Crippen LogP contribution in [-0.2, 0) is 4.74 Å². The molecule has 2 heterocycles. The zero-order valence-electron chi connectivity index (χ0n) is 9.50. The monoisotopic (exact) mass is 228 g/mol. The minimum absolute atomic E-state index is 0.240. The van der Waals surface area contributed by atoms with Crippen molar-refractivity contribution in [1.29, 1.82) is 0 Å². The van der Waals surface area contributed by atoms with Crippen LogP contribution in [0.4, 0.5) is 0 Å². The SMILES string of the molecule is O=Cc1cc2ccccc2n1C1C[CH]COC1. The number of carbonyl (C=O) groups excluding carboxylic acids is 1. The van der Waals surface area contributed by atoms with Crippen LogP contribution in [0.2, 0.25) is 0 Å². The molecule has 1 aliphatic heterocycles. The van der Waals surface area contributed by atoms with Crippen LogP contribution in [0.1, 0.15) is 23.0 Å². The molecule has 3 rings (SSSR count). The van der Waals surface area contributed by atoms with Gasteiger partial charge in [-0.15, -0.1) is 0 Å². The molecule has 0 N–H and O–H groups in total. The van der Waals surface area contributed by atoms with E-state index in [2.05, 4.69) is 17.1 Å². The van der Waals surface area contributed by atoms with Crippen molar-refractivity contribution in [2.75, 3.05) is 13.2 Å². The predicted octanol–water partition coefficient (Wildman–Crippen LogP) is 2.62. The van der Waals surface area contributed by atoms with Crippen molar-refractivity contribution in [3.8, 4) is 0 Å². The average molecular weight is 228 g/mol. The molecule has 1 unspecified atom stereocenters. The Morgan fingerprint density at radius 3 is 3.00 bits per heavy atom. The van der Waals surface area contributed by atoms with Crippen LogP contribution in [0.3, 0.4) is 0 Å². The van der Waals surface area contributed by atoms with Crippen LogP contribution in [0.15, 0.2) is 30.3 Å². The fourth-order valence-corrected chi connectivity index (χ4v) is 2.49. The molecule has 1 aliphatic rings. The second-order valence-electron chi connectivity index (χ2n) is 4.33. The van der Waals surface area contributed by atoms with Crippen LogP contribution in [0.25, 0.3) is 10.9 Å². The smallest absolute Gasteiger partial charge is 0.166 e. The number of hydrogen-bond acceptors (Lipinski definition) is 2. The normalized spacial score (nSPS) is 20.6. The van der Waals surface area contributed by atoms with E-state index in [4.69, 9.17) is 4.74 Å². The first kappa shape index (κ1) is 10.5. The molecule has 3 heteroatoms. The first-order valence-electron chi connectivity index (χ1n) is 5.84. The van der Waals surface area contributed by atoms with E-state index < -0.39 is 0 Å². The van der Waals surface area contributed by atoms with Gasteiger partial charge in [0.05, 0.1) is 18.3 Å². The van der Waals surface area contributed by atoms with Gasteiger partial charge in [-0.25, -0.2) is 0 Å². The third-order valence-electron chi connectivity index (χ3n) is 3.25. The molecule has 17 heavy (non-hydrogen) atoms. The fourth-order valence-electron chi connectivity index (χ4n) is 2.49. The molecule has 1 radical (unpaired) electrons. The molecule has 1 atom stereocenters. The van der Waals surface area contributed by atoms with E-state index in [0.717, 1.165) is 29.3 Å². The van der Waals surface area contributed by atoms with Gasteiger partial charge in [0, 0.05) is 17.5 Å². The van der Waals surface area contributed by atoms with Crippen molar-refractivity contribution in [2.45, 2.75) is 12.5 Å². The molecule has 1 fully saturated rings. The molecular formula is C14H14NO2. The molecule has 3 nitrogen and oxygen atoms in total. The number of nitrogens with zero attached hydrogens (tertiary/aromatic N) is 1. The summed E-state index contributed by atoms with van der Waals surface area (Å²) < 4.78 is 7.56. The van der Waals surface area contributed by atoms with E-state index in [1.54, 1.807) is 0 Å². The Hall–Kier alpha value is -1.61. The lowest BCUT2D eigenvalue weighted by Gasteiger charge is -2.25. The average Bonchev–Trinajstić information content (AvgIpc) is 2.78. The Morgan fingerprint density at radius 1 is 1.35 bits per heavy atom. The van der Waals surface area contributed by atoms with Crippen LogP contribution in [0.5, 0.6) is 0 Å². The quantitative estimate of drug-likeness (QED) is 0.740. The van der Waals surface area contributed by atoms with E-state index in [9.17, 15) is 4.79 Å². The molecule has 1 aromatic carbocycles. The number of fused-ring (bicyclic) bond motifs is 1. The second-order valence-corrected chi connectivity index (χ2v) is 4.33. The summed E-state index contributed by atoms with van der Waals surface area (Å²) in [4.78, 5) is 11.2. The Balaban J connectivity index is 2.14. The van der Waals surface area contributed by atoms with E-state index in [1.807, 2.05) is 24.3 Å². The number of benzene rings is 1. The maximum atomic E-state index is 11.2. The zero-order valence-corrected chi connectivity index (χ0v) is 9.50. The molecule has 1 aromatic heterocycles. The van der Waals surface area contributed by atoms with Gasteiger partial charge >= 0.3 is 0 Å². The molecular weight excluding hydrogens is 214 g/mol. The second kappa shape index (κ2) is 4.34. The summed E-state index contributed by atoms with van der Waals surface area (Å²) in [5, 5.41) is 1.11. The lowest BCUT2D eigenvalue weighted by molar-refractivity contribution is 0.0881. The van der Waals surface area contributed by atoms with E-state index in [0.29, 0.717) is 13.2 Å². The minimum Gasteiger partial charge on any atom is -0.379 e. The summed E-state index contributed by atoms with van der Waals surface area (Å²) in [5.41, 5.74) is 1.84. The van der Waals surface area contributed by atoms with Gasteiger partial charge in [-0.05, 0) is 25.0 Å². The molecule has 87 valence electrons. The number of aldehydes is 1. The molecule has 1 saturated heterocycles. The molecule has 0 bridgehead atoms. The first-order valence-corrected chi connectivity index (χ1v) is 5.84. The van der Waals surface area contributed by atoms with Gasteiger partial charge in [0.15, 0.2) is 6.29 Å². The van der Waals surface area contributed by atoms with Crippen LogP contribution < -0.4 is 0 Å². The number of hydrogen-bond donors (Lipinski definition) is 0. The minimum atomic E-state index is 0.240. The van der Waals surface area contributed by atoms with Crippen LogP contribution in [0, 0.1) is 6.42 Å². The van der Waals surface area contributed by atoms with Crippen molar-refractivity contribution < 1.29 is 9.53 Å². The highest BCUT2D eigenvalue weighted by atomic mass is 16.5. The third kappa shape index (κ3) is 1.76. The molecule has 0 saturated carbocycles. The van der Waals surface area contributed by atoms with Gasteiger partial charge in [0.25, 0.3) is 0 Å². The summed E-state index contributed by atoms with van der Waals surface area (Å²) in [6, 6.07) is 10.3. The van der Waals surface area contributed by atoms with Gasteiger partial charge < -0.3 is 9.30 Å². The Kier molecular flexibility index (Phi) is 2.69. The van der Waals surface area contributed by atoms with E-state index >= 15 is 0 Å². The van der Waals surface area contributed by atoms with Gasteiger partial charge in [-0.1, -0.05) is 18.2 Å². The number of carbonyl (C=O) groups is 1. The van der Waals surface area contributed by atoms with Crippen LogP contribution in [-0.4, -0.2) is 24.1 Å². The summed E-state index contributed by atoms with van der Waals surface area (Å²) in [6.45, 7) is 1.39. The van der Waals surface area contributed by atoms with Gasteiger partial charge in [-0.3, -0.25) is 4.79 Å². The summed E-state index contributed by atoms with van der Waals surface area (Å²) >= 11 is 0. The Labute approximate surface area is 100.0 Å². The molecule has 0 amide bonds. The standard InChI is InChI=1S/C14H14NO2/c16-9-13-8-11-4-1-2-6-14(11)15(13)12-5-3-7-17-10-12/h1-4,6,8-9,12H,5,7,10H2. The number of rotatable bonds is 2. The predicted molar refractivity (Wildman–Crippen MR) is 66.1 cm³/mol. The Morgan fingerprint density at radius 2 is 2.24 bits per heavy atom. The number of para-hydroxylation sites is 1. The first-order chi connectivity index (χ1) is 8.40. The maximum absolute atomic E-state index is 11.2. The topological polar surface area (TPSA) is 31.2 Å².